The second kappa shape index (κ2) is 11.9. The average Bonchev–Trinajstić information content (AvgIpc) is 3.58. The van der Waals surface area contributed by atoms with Crippen LogP contribution >= 0.6 is 12.2 Å². The lowest BCUT2D eigenvalue weighted by Gasteiger charge is -2.67. The van der Waals surface area contributed by atoms with Crippen molar-refractivity contribution in [3.05, 3.63) is 65.9 Å². The Morgan fingerprint density at radius 2 is 1.88 bits per heavy atom. The molecule has 48 heavy (non-hydrogen) atoms. The zero-order valence-electron chi connectivity index (χ0n) is 27.2. The Morgan fingerprint density at radius 3 is 2.46 bits per heavy atom. The van der Waals surface area contributed by atoms with E-state index in [1.54, 1.807) is 45.2 Å². The van der Waals surface area contributed by atoms with E-state index < -0.39 is 76.0 Å². The van der Waals surface area contributed by atoms with Crippen molar-refractivity contribution in [3.8, 4) is 0 Å². The highest BCUT2D eigenvalue weighted by Crippen LogP contribution is 2.65. The molecule has 2 saturated carbocycles. The summed E-state index contributed by atoms with van der Waals surface area (Å²) in [4.78, 5) is 58.2. The number of ether oxygens (including phenoxy) is 5. The first-order valence-corrected chi connectivity index (χ1v) is 16.1. The maximum atomic E-state index is 15.3. The largest absolute Gasteiger partial charge is 0.466 e. The van der Waals surface area contributed by atoms with Crippen LogP contribution in [-0.2, 0) is 38.1 Å². The highest BCUT2D eigenvalue weighted by molar-refractivity contribution is 7.80. The van der Waals surface area contributed by atoms with Gasteiger partial charge in [-0.2, -0.15) is 0 Å². The van der Waals surface area contributed by atoms with E-state index in [0.29, 0.717) is 0 Å². The third-order valence-corrected chi connectivity index (χ3v) is 11.4. The van der Waals surface area contributed by atoms with Crippen molar-refractivity contribution in [1.29, 1.82) is 0 Å². The number of allylic oxidation sites excluding steroid dienone is 1. The molecule has 1 aliphatic heterocycles. The quantitative estimate of drug-likeness (QED) is 0.197. The number of thiocarbonyl (C=S) groups is 1. The van der Waals surface area contributed by atoms with Crippen molar-refractivity contribution in [2.24, 2.45) is 22.7 Å². The van der Waals surface area contributed by atoms with Crippen LogP contribution in [0.15, 0.2) is 60.4 Å². The van der Waals surface area contributed by atoms with Gasteiger partial charge in [0.15, 0.2) is 11.4 Å². The van der Waals surface area contributed by atoms with Gasteiger partial charge in [-0.25, -0.2) is 9.78 Å². The molecular weight excluding hydrogens is 644 g/mol. The molecule has 2 heterocycles. The zero-order valence-corrected chi connectivity index (χ0v) is 28.0. The van der Waals surface area contributed by atoms with Crippen LogP contribution < -0.4 is 0 Å². The standard InChI is InChI=1S/C34H38N2O11S/c1-18-21(39)14-34(42)28(46-29(41)20-9-7-6-8-10-20)26-32(5,27(40)25(44-17-37)24(18)31(34,3)4)22(45-30(48)36-12-11-35-16-36)13-23-33(26,15-43-23)47-19(2)38/h6-12,16-18,21-23,26,28,39,42H,13-15H2,1-5H3/t18?,21-,22-,23+,26-,28-,32+,33-,34+/m0/s1. The predicted octanol–water partition coefficient (Wildman–Crippen LogP) is 2.52. The summed E-state index contributed by atoms with van der Waals surface area (Å²) in [5, 5.41) is 24.5. The maximum Gasteiger partial charge on any atom is 0.338 e. The first-order chi connectivity index (χ1) is 22.6. The van der Waals surface area contributed by atoms with Crippen LogP contribution in [0.5, 0.6) is 0 Å². The maximum absolute atomic E-state index is 15.3. The predicted molar refractivity (Wildman–Crippen MR) is 169 cm³/mol. The number of rotatable bonds is 6. The Kier molecular flexibility index (Phi) is 8.38. The van der Waals surface area contributed by atoms with Gasteiger partial charge in [0, 0.05) is 43.5 Å². The lowest BCUT2D eigenvalue weighted by molar-refractivity contribution is -0.344. The lowest BCUT2D eigenvalue weighted by atomic mass is 9.45. The summed E-state index contributed by atoms with van der Waals surface area (Å²) in [6, 6.07) is 8.10. The molecule has 256 valence electrons. The smallest absolute Gasteiger partial charge is 0.338 e. The van der Waals surface area contributed by atoms with E-state index in [4.69, 9.17) is 35.9 Å². The van der Waals surface area contributed by atoms with Crippen molar-refractivity contribution in [2.75, 3.05) is 6.61 Å². The van der Waals surface area contributed by atoms with E-state index in [9.17, 15) is 24.6 Å². The number of nitrogens with zero attached hydrogens (tertiary/aromatic N) is 2. The number of fused-ring (bicyclic) bond motifs is 5. The van der Waals surface area contributed by atoms with E-state index in [1.807, 2.05) is 0 Å². The van der Waals surface area contributed by atoms with Gasteiger partial charge in [-0.15, -0.1) is 0 Å². The molecule has 2 aromatic rings. The molecule has 4 aliphatic rings. The van der Waals surface area contributed by atoms with E-state index in [1.165, 1.54) is 43.1 Å². The highest BCUT2D eigenvalue weighted by Gasteiger charge is 2.78. The molecule has 2 bridgehead atoms. The summed E-state index contributed by atoms with van der Waals surface area (Å²) in [5.41, 5.74) is -6.77. The van der Waals surface area contributed by atoms with E-state index in [2.05, 4.69) is 4.98 Å². The van der Waals surface area contributed by atoms with Gasteiger partial charge in [-0.05, 0) is 36.8 Å². The Labute approximate surface area is 282 Å². The molecule has 1 saturated heterocycles. The third kappa shape index (κ3) is 4.83. The number of hydrogen-bond donors (Lipinski definition) is 2. The van der Waals surface area contributed by atoms with Gasteiger partial charge in [-0.3, -0.25) is 19.0 Å². The van der Waals surface area contributed by atoms with Crippen molar-refractivity contribution in [3.63, 3.8) is 0 Å². The number of carbonyl (C=O) groups excluding carboxylic acids is 4. The van der Waals surface area contributed by atoms with Gasteiger partial charge in [0.2, 0.25) is 5.78 Å². The van der Waals surface area contributed by atoms with Crippen LogP contribution in [-0.4, -0.2) is 91.4 Å². The number of aliphatic hydroxyl groups is 2. The highest BCUT2D eigenvalue weighted by atomic mass is 32.1. The number of carbonyl (C=O) groups is 4. The fraction of sp³-hybridized carbons (Fsp3) is 0.529. The summed E-state index contributed by atoms with van der Waals surface area (Å²) in [6.45, 7) is 7.58. The van der Waals surface area contributed by atoms with Crippen molar-refractivity contribution in [2.45, 2.75) is 83.1 Å². The zero-order chi connectivity index (χ0) is 34.8. The topological polar surface area (TPSA) is 173 Å². The summed E-state index contributed by atoms with van der Waals surface area (Å²) in [7, 11) is 0. The normalized spacial score (nSPS) is 36.6. The van der Waals surface area contributed by atoms with E-state index in [-0.39, 0.29) is 48.0 Å². The molecule has 6 rings (SSSR count). The molecule has 14 heteroatoms. The monoisotopic (exact) mass is 682 g/mol. The van der Waals surface area contributed by atoms with Crippen LogP contribution in [0.1, 0.15) is 57.8 Å². The number of hydrogen-bond acceptors (Lipinski definition) is 13. The fourth-order valence-corrected chi connectivity index (χ4v) is 8.74. The van der Waals surface area contributed by atoms with Crippen molar-refractivity contribution >= 4 is 41.6 Å². The van der Waals surface area contributed by atoms with Gasteiger partial charge in [0.25, 0.3) is 11.6 Å². The second-order valence-corrected chi connectivity index (χ2v) is 14.1. The summed E-state index contributed by atoms with van der Waals surface area (Å²) in [6.07, 6.45) is -0.805. The second-order valence-electron chi connectivity index (χ2n) is 13.8. The van der Waals surface area contributed by atoms with Crippen LogP contribution in [0.2, 0.25) is 0 Å². The molecule has 1 unspecified atom stereocenters. The van der Waals surface area contributed by atoms with Crippen LogP contribution in [0, 0.1) is 22.7 Å². The van der Waals surface area contributed by atoms with E-state index >= 15 is 4.79 Å². The van der Waals surface area contributed by atoms with Gasteiger partial charge >= 0.3 is 11.9 Å². The molecule has 13 nitrogen and oxygen atoms in total. The van der Waals surface area contributed by atoms with Gasteiger partial charge in [0.05, 0.1) is 29.6 Å². The Bertz CT molecular complexity index is 1680. The molecule has 1 aromatic heterocycles. The van der Waals surface area contributed by atoms with E-state index in [0.717, 1.165) is 0 Å². The number of imidazole rings is 1. The third-order valence-electron chi connectivity index (χ3n) is 11.0. The number of aliphatic hydroxyl groups excluding tert-OH is 1. The molecule has 0 spiro atoms. The first-order valence-electron chi connectivity index (χ1n) is 15.7. The van der Waals surface area contributed by atoms with Crippen LogP contribution in [0.25, 0.3) is 0 Å². The Hall–Kier alpha value is -3.98. The number of esters is 2. The number of ketones is 1. The van der Waals surface area contributed by atoms with Gasteiger partial charge in [-0.1, -0.05) is 39.0 Å². The number of benzene rings is 1. The minimum atomic E-state index is -2.14. The average molecular weight is 683 g/mol. The van der Waals surface area contributed by atoms with Gasteiger partial charge < -0.3 is 33.9 Å². The van der Waals surface area contributed by atoms with Crippen molar-refractivity contribution < 1.29 is 53.1 Å². The number of aromatic nitrogens is 2. The summed E-state index contributed by atoms with van der Waals surface area (Å²) >= 11 is 5.59. The Balaban J connectivity index is 1.66. The minimum Gasteiger partial charge on any atom is -0.466 e. The summed E-state index contributed by atoms with van der Waals surface area (Å²) < 4.78 is 31.7. The molecule has 3 fully saturated rings. The molecule has 0 amide bonds. The SMILES string of the molecule is CC(=O)O[C@@]12CO[C@@H]1C[C@H](OC(=S)n1ccnc1)[C@@]1(C)C(=O)C(OC=O)=C3C(C)[C@@H](O)C[C@@](O)([C@@H](OC(=O)c4ccccc4)[C@H]21)C3(C)C. The molecule has 0 radical (unpaired) electrons. The van der Waals surface area contributed by atoms with Crippen LogP contribution in [0.3, 0.4) is 0 Å². The lowest BCUT2D eigenvalue weighted by Crippen LogP contribution is -2.81. The molecule has 3 aliphatic carbocycles. The van der Waals surface area contributed by atoms with Crippen LogP contribution in [0.4, 0.5) is 0 Å². The molecular formula is C34H38N2O11S. The number of Topliss-reactive ketones (excluding diaryl/α,β-unsaturated/α-hetero) is 1. The molecule has 1 aromatic carbocycles. The van der Waals surface area contributed by atoms with Gasteiger partial charge in [0.1, 0.15) is 30.2 Å². The fourth-order valence-electron chi connectivity index (χ4n) is 8.51. The first kappa shape index (κ1) is 33.9. The Morgan fingerprint density at radius 1 is 1.17 bits per heavy atom. The molecule has 9 atom stereocenters. The van der Waals surface area contributed by atoms with Crippen molar-refractivity contribution in [1.82, 2.24) is 9.55 Å². The summed E-state index contributed by atoms with van der Waals surface area (Å²) in [5.74, 6) is -4.82. The molecule has 2 N–H and O–H groups in total. The minimum absolute atomic E-state index is 0.0239.